The Balaban J connectivity index is 1.50. The highest BCUT2D eigenvalue weighted by molar-refractivity contribution is 9.10. The molecular formula is C22H27BrN2O. The number of nitrogens with one attached hydrogen (secondary N) is 1. The topological polar surface area (TPSA) is 24.5 Å². The zero-order chi connectivity index (χ0) is 17.9. The molecule has 138 valence electrons. The van der Waals surface area contributed by atoms with Gasteiger partial charge in [-0.1, -0.05) is 46.3 Å². The molecule has 5 rings (SSSR count). The van der Waals surface area contributed by atoms with E-state index < -0.39 is 0 Å². The number of piperidine rings is 3. The number of halogens is 1. The number of rotatable bonds is 6. The second-order valence-corrected chi connectivity index (χ2v) is 8.41. The molecule has 1 N–H and O–H groups in total. The van der Waals surface area contributed by atoms with Crippen LogP contribution in [0.2, 0.25) is 0 Å². The molecule has 2 bridgehead atoms. The van der Waals surface area contributed by atoms with Crippen molar-refractivity contribution < 1.29 is 4.74 Å². The molecule has 26 heavy (non-hydrogen) atoms. The van der Waals surface area contributed by atoms with E-state index in [4.69, 9.17) is 4.74 Å². The number of benzene rings is 2. The summed E-state index contributed by atoms with van der Waals surface area (Å²) in [6, 6.07) is 18.3. The van der Waals surface area contributed by atoms with Gasteiger partial charge in [-0.2, -0.15) is 0 Å². The van der Waals surface area contributed by atoms with Gasteiger partial charge in [0, 0.05) is 28.7 Å². The van der Waals surface area contributed by atoms with Gasteiger partial charge >= 0.3 is 0 Å². The lowest BCUT2D eigenvalue weighted by Gasteiger charge is -2.51. The van der Waals surface area contributed by atoms with Crippen LogP contribution in [0.25, 0.3) is 0 Å². The fraction of sp³-hybridized carbons (Fsp3) is 0.455. The SMILES string of the molecule is COc1ccc(Br)cc1CNC1C2CCN(CC2)C1Cc1ccccc1. The van der Waals surface area contributed by atoms with Crippen LogP contribution in [0.1, 0.15) is 24.0 Å². The van der Waals surface area contributed by atoms with Gasteiger partial charge in [0.1, 0.15) is 5.75 Å². The normalized spacial score (nSPS) is 27.5. The van der Waals surface area contributed by atoms with Gasteiger partial charge in [0.05, 0.1) is 7.11 Å². The molecule has 0 aromatic heterocycles. The van der Waals surface area contributed by atoms with Crippen LogP contribution in [-0.4, -0.2) is 37.2 Å². The molecule has 3 aliphatic heterocycles. The highest BCUT2D eigenvalue weighted by Crippen LogP contribution is 2.34. The van der Waals surface area contributed by atoms with Crippen LogP contribution in [0.3, 0.4) is 0 Å². The van der Waals surface area contributed by atoms with Gasteiger partial charge < -0.3 is 10.1 Å². The van der Waals surface area contributed by atoms with E-state index in [0.717, 1.165) is 29.1 Å². The molecule has 2 aromatic carbocycles. The number of nitrogens with zero attached hydrogens (tertiary/aromatic N) is 1. The minimum absolute atomic E-state index is 0.543. The van der Waals surface area contributed by atoms with Crippen molar-refractivity contribution in [1.82, 2.24) is 10.2 Å². The quantitative estimate of drug-likeness (QED) is 0.764. The Morgan fingerprint density at radius 2 is 1.88 bits per heavy atom. The maximum absolute atomic E-state index is 5.55. The molecule has 3 fully saturated rings. The largest absolute Gasteiger partial charge is 0.496 e. The van der Waals surface area contributed by atoms with E-state index >= 15 is 0 Å². The first kappa shape index (κ1) is 18.0. The summed E-state index contributed by atoms with van der Waals surface area (Å²) in [6.07, 6.45) is 3.77. The molecule has 3 aliphatic rings. The van der Waals surface area contributed by atoms with Crippen LogP contribution < -0.4 is 10.1 Å². The van der Waals surface area contributed by atoms with Crippen molar-refractivity contribution >= 4 is 15.9 Å². The Morgan fingerprint density at radius 1 is 1.12 bits per heavy atom. The lowest BCUT2D eigenvalue weighted by Crippen LogP contribution is -2.63. The van der Waals surface area contributed by atoms with Crippen molar-refractivity contribution in [3.8, 4) is 5.75 Å². The first-order valence-corrected chi connectivity index (χ1v) is 10.4. The van der Waals surface area contributed by atoms with Crippen molar-refractivity contribution in [3.63, 3.8) is 0 Å². The van der Waals surface area contributed by atoms with Crippen molar-refractivity contribution in [1.29, 1.82) is 0 Å². The second-order valence-electron chi connectivity index (χ2n) is 7.49. The van der Waals surface area contributed by atoms with Crippen LogP contribution in [-0.2, 0) is 13.0 Å². The predicted molar refractivity (Wildman–Crippen MR) is 110 cm³/mol. The van der Waals surface area contributed by atoms with E-state index in [0.29, 0.717) is 12.1 Å². The average Bonchev–Trinajstić information content (AvgIpc) is 2.69. The molecule has 3 nitrogen and oxygen atoms in total. The van der Waals surface area contributed by atoms with Crippen LogP contribution >= 0.6 is 15.9 Å². The summed E-state index contributed by atoms with van der Waals surface area (Å²) in [7, 11) is 1.75. The van der Waals surface area contributed by atoms with Crippen molar-refractivity contribution in [2.75, 3.05) is 20.2 Å². The second kappa shape index (κ2) is 8.12. The highest BCUT2D eigenvalue weighted by Gasteiger charge is 2.41. The van der Waals surface area contributed by atoms with Crippen LogP contribution in [0.5, 0.6) is 5.75 Å². The van der Waals surface area contributed by atoms with Crippen LogP contribution in [0, 0.1) is 5.92 Å². The predicted octanol–water partition coefficient (Wildman–Crippen LogP) is 4.25. The molecule has 3 heterocycles. The first-order chi connectivity index (χ1) is 12.7. The maximum atomic E-state index is 5.55. The van der Waals surface area contributed by atoms with Crippen molar-refractivity contribution in [2.24, 2.45) is 5.92 Å². The van der Waals surface area contributed by atoms with E-state index in [1.54, 1.807) is 7.11 Å². The Labute approximate surface area is 164 Å². The molecule has 0 amide bonds. The summed E-state index contributed by atoms with van der Waals surface area (Å²) in [5.41, 5.74) is 2.66. The molecule has 4 heteroatoms. The summed E-state index contributed by atoms with van der Waals surface area (Å²) in [4.78, 5) is 2.70. The van der Waals surface area contributed by atoms with Gasteiger partial charge in [-0.15, -0.1) is 0 Å². The lowest BCUT2D eigenvalue weighted by atomic mass is 9.76. The van der Waals surface area contributed by atoms with Gasteiger partial charge in [-0.25, -0.2) is 0 Å². The standard InChI is InChI=1S/C22H27BrN2O/c1-26-21-8-7-19(23)14-18(21)15-24-22-17-9-11-25(12-10-17)20(22)13-16-5-3-2-4-6-16/h2-8,14,17,20,22,24H,9-13,15H2,1H3. The zero-order valence-electron chi connectivity index (χ0n) is 15.3. The summed E-state index contributed by atoms with van der Waals surface area (Å²) in [5.74, 6) is 1.74. The number of fused-ring (bicyclic) bond motifs is 3. The first-order valence-electron chi connectivity index (χ1n) is 9.58. The lowest BCUT2D eigenvalue weighted by molar-refractivity contribution is 0.0126. The minimum atomic E-state index is 0.543. The van der Waals surface area contributed by atoms with Crippen LogP contribution in [0.15, 0.2) is 53.0 Å². The van der Waals surface area contributed by atoms with E-state index in [-0.39, 0.29) is 0 Å². The summed E-state index contributed by atoms with van der Waals surface area (Å²) >= 11 is 3.59. The Morgan fingerprint density at radius 3 is 2.62 bits per heavy atom. The zero-order valence-corrected chi connectivity index (χ0v) is 16.9. The fourth-order valence-electron chi connectivity index (χ4n) is 4.68. The number of ether oxygens (including phenoxy) is 1. The molecule has 2 atom stereocenters. The summed E-state index contributed by atoms with van der Waals surface area (Å²) < 4.78 is 6.66. The van der Waals surface area contributed by atoms with Gasteiger partial charge in [0.2, 0.25) is 0 Å². The number of methoxy groups -OCH3 is 1. The molecular weight excluding hydrogens is 388 g/mol. The minimum Gasteiger partial charge on any atom is -0.496 e. The molecule has 3 saturated heterocycles. The van der Waals surface area contributed by atoms with Gasteiger partial charge in [-0.05, 0) is 62.0 Å². The van der Waals surface area contributed by atoms with E-state index in [1.165, 1.54) is 37.1 Å². The molecule has 0 aliphatic carbocycles. The summed E-state index contributed by atoms with van der Waals surface area (Å²) in [5, 5.41) is 3.90. The van der Waals surface area contributed by atoms with E-state index in [1.807, 2.05) is 12.1 Å². The number of hydrogen-bond donors (Lipinski definition) is 1. The van der Waals surface area contributed by atoms with Gasteiger partial charge in [-0.3, -0.25) is 4.90 Å². The van der Waals surface area contributed by atoms with E-state index in [2.05, 4.69) is 62.5 Å². The van der Waals surface area contributed by atoms with E-state index in [9.17, 15) is 0 Å². The van der Waals surface area contributed by atoms with Gasteiger partial charge in [0.15, 0.2) is 0 Å². The molecule has 0 saturated carbocycles. The van der Waals surface area contributed by atoms with Crippen molar-refractivity contribution in [3.05, 3.63) is 64.1 Å². The third-order valence-electron chi connectivity index (χ3n) is 6.02. The molecule has 0 spiro atoms. The Hall–Kier alpha value is -1.36. The molecule has 2 aromatic rings. The Kier molecular flexibility index (Phi) is 5.63. The molecule has 2 unspecified atom stereocenters. The average molecular weight is 415 g/mol. The van der Waals surface area contributed by atoms with Crippen molar-refractivity contribution in [2.45, 2.75) is 37.9 Å². The Bertz CT molecular complexity index is 728. The monoisotopic (exact) mass is 414 g/mol. The fourth-order valence-corrected chi connectivity index (χ4v) is 5.09. The third kappa shape index (κ3) is 3.83. The van der Waals surface area contributed by atoms with Crippen LogP contribution in [0.4, 0.5) is 0 Å². The smallest absolute Gasteiger partial charge is 0.123 e. The third-order valence-corrected chi connectivity index (χ3v) is 6.52. The summed E-state index contributed by atoms with van der Waals surface area (Å²) in [6.45, 7) is 3.35. The maximum Gasteiger partial charge on any atom is 0.123 e. The highest BCUT2D eigenvalue weighted by atomic mass is 79.9. The number of hydrogen-bond acceptors (Lipinski definition) is 3. The van der Waals surface area contributed by atoms with Gasteiger partial charge in [0.25, 0.3) is 0 Å². The molecule has 0 radical (unpaired) electrons.